The first-order valence-corrected chi connectivity index (χ1v) is 5.24. The number of thiophene rings is 1. The van der Waals surface area contributed by atoms with E-state index in [0.29, 0.717) is 0 Å². The molecule has 2 heterocycles. The molecule has 0 radical (unpaired) electrons. The number of nitrogens with zero attached hydrogens (tertiary/aromatic N) is 1. The second kappa shape index (κ2) is 4.26. The highest BCUT2D eigenvalue weighted by Gasteiger charge is 1.99. The van der Waals surface area contributed by atoms with Gasteiger partial charge in [0, 0.05) is 35.5 Å². The van der Waals surface area contributed by atoms with Gasteiger partial charge in [-0.3, -0.25) is 0 Å². The van der Waals surface area contributed by atoms with Crippen molar-refractivity contribution in [1.29, 1.82) is 0 Å². The first-order valence-electron chi connectivity index (χ1n) is 4.36. The van der Waals surface area contributed by atoms with Crippen molar-refractivity contribution in [3.63, 3.8) is 0 Å². The van der Waals surface area contributed by atoms with Crippen molar-refractivity contribution in [3.05, 3.63) is 34.5 Å². The van der Waals surface area contributed by atoms with E-state index in [1.54, 1.807) is 17.7 Å². The number of nitrogens with two attached hydrogens (primary N) is 1. The Hall–Kier alpha value is -1.33. The van der Waals surface area contributed by atoms with E-state index in [4.69, 9.17) is 5.73 Å². The molecule has 2 rings (SSSR count). The number of aromatic nitrogens is 2. The van der Waals surface area contributed by atoms with Gasteiger partial charge in [0.2, 0.25) is 0 Å². The molecule has 0 aliphatic heterocycles. The van der Waals surface area contributed by atoms with Crippen molar-refractivity contribution in [2.24, 2.45) is 0 Å². The smallest absolute Gasteiger partial charge is 0.0922 e. The minimum atomic E-state index is 0.789. The van der Waals surface area contributed by atoms with E-state index < -0.39 is 0 Å². The van der Waals surface area contributed by atoms with E-state index in [-0.39, 0.29) is 0 Å². The SMILES string of the molecule is Nc1ccsc1CNCc1cnc[nH]1. The number of hydrogen-bond acceptors (Lipinski definition) is 4. The van der Waals surface area contributed by atoms with Gasteiger partial charge >= 0.3 is 0 Å². The third-order valence-electron chi connectivity index (χ3n) is 1.94. The molecule has 5 heteroatoms. The van der Waals surface area contributed by atoms with Crippen molar-refractivity contribution in [3.8, 4) is 0 Å². The Bertz CT molecular complexity index is 379. The maximum Gasteiger partial charge on any atom is 0.0922 e. The second-order valence-electron chi connectivity index (χ2n) is 2.98. The standard InChI is InChI=1S/C9H12N4S/c10-8-1-2-14-9(8)5-11-3-7-4-12-6-13-7/h1-2,4,6,11H,3,5,10H2,(H,12,13). The van der Waals surface area contributed by atoms with Crippen LogP contribution < -0.4 is 11.1 Å². The number of H-pyrrole nitrogens is 1. The predicted molar refractivity (Wildman–Crippen MR) is 57.9 cm³/mol. The van der Waals surface area contributed by atoms with Crippen molar-refractivity contribution >= 4 is 17.0 Å². The highest BCUT2D eigenvalue weighted by Crippen LogP contribution is 2.18. The van der Waals surface area contributed by atoms with Gasteiger partial charge in [-0.15, -0.1) is 11.3 Å². The molecule has 0 aliphatic carbocycles. The number of rotatable bonds is 4. The van der Waals surface area contributed by atoms with Crippen molar-refractivity contribution in [1.82, 2.24) is 15.3 Å². The van der Waals surface area contributed by atoms with Gasteiger partial charge in [-0.1, -0.05) is 0 Å². The number of hydrogen-bond donors (Lipinski definition) is 3. The third kappa shape index (κ3) is 2.12. The highest BCUT2D eigenvalue weighted by atomic mass is 32.1. The Labute approximate surface area is 86.2 Å². The molecule has 0 saturated heterocycles. The number of imidazole rings is 1. The summed E-state index contributed by atoms with van der Waals surface area (Å²) in [5, 5.41) is 5.29. The topological polar surface area (TPSA) is 66.7 Å². The Kier molecular flexibility index (Phi) is 2.81. The maximum absolute atomic E-state index is 5.75. The summed E-state index contributed by atoms with van der Waals surface area (Å²) in [6, 6.07) is 1.93. The average Bonchev–Trinajstić information content (AvgIpc) is 2.78. The molecule has 0 aliphatic rings. The summed E-state index contributed by atoms with van der Waals surface area (Å²) in [4.78, 5) is 8.15. The molecule has 0 unspecified atom stereocenters. The van der Waals surface area contributed by atoms with Gasteiger partial charge in [0.25, 0.3) is 0 Å². The van der Waals surface area contributed by atoms with Crippen LogP contribution in [0.1, 0.15) is 10.6 Å². The van der Waals surface area contributed by atoms with E-state index in [9.17, 15) is 0 Å². The van der Waals surface area contributed by atoms with Gasteiger partial charge in [-0.05, 0) is 11.4 Å². The molecular formula is C9H12N4S. The van der Waals surface area contributed by atoms with Crippen LogP contribution in [-0.2, 0) is 13.1 Å². The lowest BCUT2D eigenvalue weighted by atomic mass is 10.4. The predicted octanol–water partition coefficient (Wildman–Crippen LogP) is 1.34. The minimum Gasteiger partial charge on any atom is -0.398 e. The summed E-state index contributed by atoms with van der Waals surface area (Å²) in [7, 11) is 0. The Morgan fingerprint density at radius 2 is 2.43 bits per heavy atom. The van der Waals surface area contributed by atoms with E-state index >= 15 is 0 Å². The van der Waals surface area contributed by atoms with Gasteiger partial charge < -0.3 is 16.0 Å². The Balaban J connectivity index is 1.81. The van der Waals surface area contributed by atoms with Gasteiger partial charge in [0.1, 0.15) is 0 Å². The maximum atomic E-state index is 5.75. The fourth-order valence-electron chi connectivity index (χ4n) is 1.19. The summed E-state index contributed by atoms with van der Waals surface area (Å²) in [5.41, 5.74) is 7.70. The van der Waals surface area contributed by atoms with Crippen LogP contribution in [0.3, 0.4) is 0 Å². The fraction of sp³-hybridized carbons (Fsp3) is 0.222. The van der Waals surface area contributed by atoms with Crippen LogP contribution in [0.2, 0.25) is 0 Å². The molecule has 0 fully saturated rings. The number of nitrogen functional groups attached to an aromatic ring is 1. The van der Waals surface area contributed by atoms with Crippen LogP contribution in [0.25, 0.3) is 0 Å². The van der Waals surface area contributed by atoms with Crippen molar-refractivity contribution < 1.29 is 0 Å². The number of aromatic amines is 1. The van der Waals surface area contributed by atoms with Crippen LogP contribution in [0.5, 0.6) is 0 Å². The van der Waals surface area contributed by atoms with Crippen molar-refractivity contribution in [2.45, 2.75) is 13.1 Å². The fourth-order valence-corrected chi connectivity index (χ4v) is 1.95. The molecule has 0 spiro atoms. The van der Waals surface area contributed by atoms with Gasteiger partial charge in [0.05, 0.1) is 6.33 Å². The molecule has 2 aromatic heterocycles. The normalized spacial score (nSPS) is 10.6. The lowest BCUT2D eigenvalue weighted by molar-refractivity contribution is 0.690. The zero-order valence-electron chi connectivity index (χ0n) is 7.66. The lowest BCUT2D eigenvalue weighted by Crippen LogP contribution is -2.12. The molecule has 4 nitrogen and oxygen atoms in total. The number of nitrogens with one attached hydrogen (secondary N) is 2. The summed E-state index contributed by atoms with van der Waals surface area (Å²) >= 11 is 1.67. The van der Waals surface area contributed by atoms with Gasteiger partial charge in [0.15, 0.2) is 0 Å². The first kappa shape index (κ1) is 9.23. The largest absolute Gasteiger partial charge is 0.398 e. The molecule has 2 aromatic rings. The summed E-state index contributed by atoms with van der Waals surface area (Å²) in [6.07, 6.45) is 3.49. The lowest BCUT2D eigenvalue weighted by Gasteiger charge is -2.01. The zero-order valence-corrected chi connectivity index (χ0v) is 8.47. The Morgan fingerprint density at radius 3 is 3.07 bits per heavy atom. The minimum absolute atomic E-state index is 0.789. The molecule has 74 valence electrons. The summed E-state index contributed by atoms with van der Waals surface area (Å²) in [5.74, 6) is 0. The molecule has 0 aromatic carbocycles. The summed E-state index contributed by atoms with van der Waals surface area (Å²) in [6.45, 7) is 1.60. The molecular weight excluding hydrogens is 196 g/mol. The van der Waals surface area contributed by atoms with Crippen LogP contribution in [0.4, 0.5) is 5.69 Å². The second-order valence-corrected chi connectivity index (χ2v) is 3.98. The van der Waals surface area contributed by atoms with Gasteiger partial charge in [-0.2, -0.15) is 0 Å². The molecule has 0 bridgehead atoms. The van der Waals surface area contributed by atoms with Crippen molar-refractivity contribution in [2.75, 3.05) is 5.73 Å². The quantitative estimate of drug-likeness (QED) is 0.710. The van der Waals surface area contributed by atoms with Crippen LogP contribution in [0.15, 0.2) is 24.0 Å². The highest BCUT2D eigenvalue weighted by molar-refractivity contribution is 7.10. The molecule has 0 atom stereocenters. The zero-order chi connectivity index (χ0) is 9.80. The van der Waals surface area contributed by atoms with Crippen LogP contribution in [-0.4, -0.2) is 9.97 Å². The molecule has 0 amide bonds. The van der Waals surface area contributed by atoms with Crippen LogP contribution >= 0.6 is 11.3 Å². The average molecular weight is 208 g/mol. The van der Waals surface area contributed by atoms with E-state index in [2.05, 4.69) is 15.3 Å². The molecule has 4 N–H and O–H groups in total. The van der Waals surface area contributed by atoms with E-state index in [0.717, 1.165) is 24.5 Å². The van der Waals surface area contributed by atoms with Crippen LogP contribution in [0, 0.1) is 0 Å². The summed E-state index contributed by atoms with van der Waals surface area (Å²) < 4.78 is 0. The first-order chi connectivity index (χ1) is 6.86. The molecule has 0 saturated carbocycles. The third-order valence-corrected chi connectivity index (χ3v) is 2.87. The van der Waals surface area contributed by atoms with E-state index in [1.807, 2.05) is 17.6 Å². The van der Waals surface area contributed by atoms with Gasteiger partial charge in [-0.25, -0.2) is 4.98 Å². The molecule has 14 heavy (non-hydrogen) atoms. The monoisotopic (exact) mass is 208 g/mol. The van der Waals surface area contributed by atoms with E-state index in [1.165, 1.54) is 4.88 Å². The number of anilines is 1. The Morgan fingerprint density at radius 1 is 1.50 bits per heavy atom.